The van der Waals surface area contributed by atoms with Gasteiger partial charge in [0.1, 0.15) is 0 Å². The molecule has 5 N–H and O–H groups in total. The molecule has 0 heterocycles. The summed E-state index contributed by atoms with van der Waals surface area (Å²) in [6.45, 7) is 8.57. The number of nitrogens with one attached hydrogen (secondary N) is 3. The number of rotatable bonds is 12. The third kappa shape index (κ3) is 9.39. The van der Waals surface area contributed by atoms with E-state index in [2.05, 4.69) is 34.8 Å². The van der Waals surface area contributed by atoms with Crippen molar-refractivity contribution in [3.63, 3.8) is 0 Å². The lowest BCUT2D eigenvalue weighted by atomic mass is 9.99. The highest BCUT2D eigenvalue weighted by Crippen LogP contribution is 2.11. The molecule has 0 aromatic heterocycles. The minimum absolute atomic E-state index is 0.167. The van der Waals surface area contributed by atoms with Crippen LogP contribution in [0.4, 0.5) is 0 Å². The SMILES string of the molecule is CCCCC(CC)CNC(=NCc1ccc(C(=O)NCC(N)=O)cc1)NCC. The van der Waals surface area contributed by atoms with E-state index in [0.717, 1.165) is 31.0 Å². The van der Waals surface area contributed by atoms with Crippen molar-refractivity contribution < 1.29 is 9.59 Å². The molecule has 0 aliphatic carbocycles. The Hall–Kier alpha value is -2.57. The Labute approximate surface area is 168 Å². The van der Waals surface area contributed by atoms with Crippen LogP contribution in [-0.4, -0.2) is 37.4 Å². The Kier molecular flexibility index (Phi) is 11.4. The molecule has 0 spiro atoms. The van der Waals surface area contributed by atoms with Gasteiger partial charge in [0.05, 0.1) is 13.1 Å². The molecule has 1 aromatic carbocycles. The molecule has 156 valence electrons. The average molecular weight is 390 g/mol. The number of aliphatic imine (C=N–C) groups is 1. The zero-order valence-electron chi connectivity index (χ0n) is 17.4. The van der Waals surface area contributed by atoms with Crippen molar-refractivity contribution in [2.75, 3.05) is 19.6 Å². The standard InChI is InChI=1S/C21H35N5O2/c1-4-7-8-16(5-2)13-25-21(23-6-3)26-14-17-9-11-18(12-10-17)20(28)24-15-19(22)27/h9-12,16H,4-8,13-15H2,1-3H3,(H2,22,27)(H,24,28)(H2,23,25,26). The molecule has 7 heteroatoms. The second-order valence-electron chi connectivity index (χ2n) is 6.84. The van der Waals surface area contributed by atoms with Crippen LogP contribution < -0.4 is 21.7 Å². The Morgan fingerprint density at radius 2 is 1.79 bits per heavy atom. The normalized spacial score (nSPS) is 12.3. The van der Waals surface area contributed by atoms with Gasteiger partial charge in [0.15, 0.2) is 5.96 Å². The van der Waals surface area contributed by atoms with E-state index in [4.69, 9.17) is 5.73 Å². The number of benzene rings is 1. The third-order valence-corrected chi connectivity index (χ3v) is 4.50. The van der Waals surface area contributed by atoms with Gasteiger partial charge in [-0.15, -0.1) is 0 Å². The van der Waals surface area contributed by atoms with Gasteiger partial charge in [-0.2, -0.15) is 0 Å². The van der Waals surface area contributed by atoms with E-state index >= 15 is 0 Å². The summed E-state index contributed by atoms with van der Waals surface area (Å²) in [7, 11) is 0. The first kappa shape index (κ1) is 23.5. The molecule has 0 saturated carbocycles. The van der Waals surface area contributed by atoms with E-state index in [1.807, 2.05) is 19.1 Å². The fraction of sp³-hybridized carbons (Fsp3) is 0.571. The van der Waals surface area contributed by atoms with Crippen molar-refractivity contribution in [3.8, 4) is 0 Å². The Morgan fingerprint density at radius 1 is 1.07 bits per heavy atom. The third-order valence-electron chi connectivity index (χ3n) is 4.50. The number of unbranched alkanes of at least 4 members (excludes halogenated alkanes) is 1. The molecule has 0 aliphatic heterocycles. The fourth-order valence-electron chi connectivity index (χ4n) is 2.73. The van der Waals surface area contributed by atoms with Gasteiger partial charge >= 0.3 is 0 Å². The number of carbonyl (C=O) groups is 2. The van der Waals surface area contributed by atoms with Crippen molar-refractivity contribution in [1.82, 2.24) is 16.0 Å². The lowest BCUT2D eigenvalue weighted by Gasteiger charge is -2.18. The zero-order chi connectivity index (χ0) is 20.8. The van der Waals surface area contributed by atoms with Crippen molar-refractivity contribution >= 4 is 17.8 Å². The summed E-state index contributed by atoms with van der Waals surface area (Å²) in [5.74, 6) is 0.576. The van der Waals surface area contributed by atoms with Crippen LogP contribution in [0.25, 0.3) is 0 Å². The van der Waals surface area contributed by atoms with Crippen LogP contribution in [0.1, 0.15) is 62.4 Å². The van der Waals surface area contributed by atoms with E-state index in [-0.39, 0.29) is 12.5 Å². The van der Waals surface area contributed by atoms with Gasteiger partial charge in [-0.05, 0) is 37.0 Å². The van der Waals surface area contributed by atoms with Gasteiger partial charge in [0, 0.05) is 18.7 Å². The second-order valence-corrected chi connectivity index (χ2v) is 6.84. The molecule has 1 aromatic rings. The lowest BCUT2D eigenvalue weighted by molar-refractivity contribution is -0.117. The highest BCUT2D eigenvalue weighted by atomic mass is 16.2. The molecule has 0 radical (unpaired) electrons. The molecule has 0 fully saturated rings. The van der Waals surface area contributed by atoms with Crippen molar-refractivity contribution in [2.45, 2.75) is 53.0 Å². The molecule has 28 heavy (non-hydrogen) atoms. The van der Waals surface area contributed by atoms with Crippen LogP contribution in [-0.2, 0) is 11.3 Å². The van der Waals surface area contributed by atoms with Crippen LogP contribution >= 0.6 is 0 Å². The molecule has 1 atom stereocenters. The topological polar surface area (TPSA) is 109 Å². The van der Waals surface area contributed by atoms with Gasteiger partial charge in [-0.1, -0.05) is 45.2 Å². The van der Waals surface area contributed by atoms with E-state index in [1.165, 1.54) is 19.3 Å². The molecule has 1 rings (SSSR count). The zero-order valence-corrected chi connectivity index (χ0v) is 17.4. The Bertz CT molecular complexity index is 628. The number of carbonyl (C=O) groups excluding carboxylic acids is 2. The summed E-state index contributed by atoms with van der Waals surface area (Å²) in [6.07, 6.45) is 4.87. The predicted octanol–water partition coefficient (Wildman–Crippen LogP) is 2.17. The average Bonchev–Trinajstić information content (AvgIpc) is 2.70. The molecule has 7 nitrogen and oxygen atoms in total. The summed E-state index contributed by atoms with van der Waals surface area (Å²) in [6, 6.07) is 7.17. The minimum atomic E-state index is -0.567. The van der Waals surface area contributed by atoms with Crippen LogP contribution in [0, 0.1) is 5.92 Å². The molecule has 1 unspecified atom stereocenters. The largest absolute Gasteiger partial charge is 0.368 e. The molecule has 0 bridgehead atoms. The lowest BCUT2D eigenvalue weighted by Crippen LogP contribution is -2.39. The highest BCUT2D eigenvalue weighted by molar-refractivity contribution is 5.96. The first-order valence-corrected chi connectivity index (χ1v) is 10.2. The maximum Gasteiger partial charge on any atom is 0.251 e. The van der Waals surface area contributed by atoms with E-state index in [0.29, 0.717) is 18.0 Å². The van der Waals surface area contributed by atoms with Gasteiger partial charge in [-0.3, -0.25) is 9.59 Å². The summed E-state index contributed by atoms with van der Waals surface area (Å²) >= 11 is 0. The first-order valence-electron chi connectivity index (χ1n) is 10.2. The van der Waals surface area contributed by atoms with Gasteiger partial charge in [0.2, 0.25) is 5.91 Å². The molecule has 2 amide bonds. The number of nitrogens with two attached hydrogens (primary N) is 1. The smallest absolute Gasteiger partial charge is 0.251 e. The van der Waals surface area contributed by atoms with Crippen LogP contribution in [0.2, 0.25) is 0 Å². The van der Waals surface area contributed by atoms with Crippen molar-refractivity contribution in [3.05, 3.63) is 35.4 Å². The second kappa shape index (κ2) is 13.6. The quantitative estimate of drug-likeness (QED) is 0.324. The van der Waals surface area contributed by atoms with Gasteiger partial charge in [-0.25, -0.2) is 4.99 Å². The summed E-state index contributed by atoms with van der Waals surface area (Å²) < 4.78 is 0. The number of amides is 2. The van der Waals surface area contributed by atoms with E-state index < -0.39 is 5.91 Å². The van der Waals surface area contributed by atoms with Gasteiger partial charge in [0.25, 0.3) is 5.91 Å². The van der Waals surface area contributed by atoms with Gasteiger partial charge < -0.3 is 21.7 Å². The maximum atomic E-state index is 11.9. The predicted molar refractivity (Wildman–Crippen MR) is 114 cm³/mol. The van der Waals surface area contributed by atoms with E-state index in [9.17, 15) is 9.59 Å². The molecular formula is C21H35N5O2. The molecule has 0 saturated heterocycles. The minimum Gasteiger partial charge on any atom is -0.368 e. The fourth-order valence-corrected chi connectivity index (χ4v) is 2.73. The number of hydrogen-bond acceptors (Lipinski definition) is 3. The van der Waals surface area contributed by atoms with Crippen LogP contribution in [0.15, 0.2) is 29.3 Å². The van der Waals surface area contributed by atoms with Crippen molar-refractivity contribution in [2.24, 2.45) is 16.6 Å². The number of primary amides is 1. The maximum absolute atomic E-state index is 11.9. The summed E-state index contributed by atoms with van der Waals surface area (Å²) in [5, 5.41) is 9.19. The number of guanidine groups is 1. The highest BCUT2D eigenvalue weighted by Gasteiger charge is 2.08. The Balaban J connectivity index is 2.61. The van der Waals surface area contributed by atoms with Crippen LogP contribution in [0.3, 0.4) is 0 Å². The number of hydrogen-bond donors (Lipinski definition) is 4. The van der Waals surface area contributed by atoms with E-state index in [1.54, 1.807) is 12.1 Å². The molecule has 0 aliphatic rings. The van der Waals surface area contributed by atoms with Crippen LogP contribution in [0.5, 0.6) is 0 Å². The molecular weight excluding hydrogens is 354 g/mol. The number of nitrogens with zero attached hydrogens (tertiary/aromatic N) is 1. The first-order chi connectivity index (χ1) is 13.5. The summed E-state index contributed by atoms with van der Waals surface area (Å²) in [5.41, 5.74) is 6.52. The van der Waals surface area contributed by atoms with Crippen molar-refractivity contribution in [1.29, 1.82) is 0 Å². The summed E-state index contributed by atoms with van der Waals surface area (Å²) in [4.78, 5) is 27.3. The monoisotopic (exact) mass is 389 g/mol. The Morgan fingerprint density at radius 3 is 2.36 bits per heavy atom.